The van der Waals surface area contributed by atoms with Gasteiger partial charge in [-0.05, 0) is 30.5 Å². The Morgan fingerprint density at radius 2 is 1.70 bits per heavy atom. The molecule has 0 aromatic heterocycles. The van der Waals surface area contributed by atoms with Crippen LogP contribution in [0.25, 0.3) is 10.8 Å². The van der Waals surface area contributed by atoms with E-state index in [1.807, 2.05) is 36.4 Å². The van der Waals surface area contributed by atoms with Gasteiger partial charge in [0.2, 0.25) is 0 Å². The molecule has 3 aromatic carbocycles. The van der Waals surface area contributed by atoms with Gasteiger partial charge in [0, 0.05) is 17.5 Å². The number of nitro benzene ring substituents is 1. The van der Waals surface area contributed by atoms with Gasteiger partial charge in [-0.15, -0.1) is 0 Å². The van der Waals surface area contributed by atoms with Crippen molar-refractivity contribution in [1.82, 2.24) is 10.9 Å². The molecule has 2 N–H and O–H groups in total. The summed E-state index contributed by atoms with van der Waals surface area (Å²) in [6, 6.07) is 18.5. The van der Waals surface area contributed by atoms with E-state index in [4.69, 9.17) is 9.47 Å². The van der Waals surface area contributed by atoms with Gasteiger partial charge in [0.15, 0.2) is 12.7 Å². The summed E-state index contributed by atoms with van der Waals surface area (Å²) in [5, 5.41) is 12.5. The topological polar surface area (TPSA) is 120 Å². The first-order valence-electron chi connectivity index (χ1n) is 9.04. The van der Waals surface area contributed by atoms with Crippen LogP contribution in [0.1, 0.15) is 6.92 Å². The van der Waals surface area contributed by atoms with E-state index in [-0.39, 0.29) is 18.0 Å². The van der Waals surface area contributed by atoms with Crippen molar-refractivity contribution in [3.05, 3.63) is 76.8 Å². The second kappa shape index (κ2) is 9.37. The van der Waals surface area contributed by atoms with Crippen LogP contribution in [0.2, 0.25) is 0 Å². The Kier molecular flexibility index (Phi) is 6.43. The summed E-state index contributed by atoms with van der Waals surface area (Å²) in [6.45, 7) is 1.20. The summed E-state index contributed by atoms with van der Waals surface area (Å²) >= 11 is 0. The van der Waals surface area contributed by atoms with Crippen molar-refractivity contribution in [2.45, 2.75) is 13.0 Å². The van der Waals surface area contributed by atoms with Gasteiger partial charge >= 0.3 is 0 Å². The van der Waals surface area contributed by atoms with E-state index in [0.29, 0.717) is 5.75 Å². The van der Waals surface area contributed by atoms with Crippen LogP contribution < -0.4 is 20.3 Å². The van der Waals surface area contributed by atoms with Crippen LogP contribution in [0, 0.1) is 10.1 Å². The number of hydrazine groups is 1. The molecule has 30 heavy (non-hydrogen) atoms. The predicted octanol–water partition coefficient (Wildman–Crippen LogP) is 2.74. The van der Waals surface area contributed by atoms with Crippen LogP contribution in [0.3, 0.4) is 0 Å². The van der Waals surface area contributed by atoms with Gasteiger partial charge in [0.1, 0.15) is 11.5 Å². The molecule has 0 heterocycles. The van der Waals surface area contributed by atoms with Crippen molar-refractivity contribution >= 4 is 28.3 Å². The molecule has 9 heteroatoms. The van der Waals surface area contributed by atoms with E-state index in [1.165, 1.54) is 31.2 Å². The number of nitrogens with one attached hydrogen (secondary N) is 2. The Hall–Kier alpha value is -4.14. The third-order valence-electron chi connectivity index (χ3n) is 4.16. The van der Waals surface area contributed by atoms with Gasteiger partial charge in [-0.1, -0.05) is 36.4 Å². The lowest BCUT2D eigenvalue weighted by Crippen LogP contribution is -2.48. The number of ether oxygens (including phenoxy) is 2. The van der Waals surface area contributed by atoms with Crippen LogP contribution in [0.4, 0.5) is 5.69 Å². The molecule has 0 spiro atoms. The Balaban J connectivity index is 1.46. The summed E-state index contributed by atoms with van der Waals surface area (Å²) in [5.41, 5.74) is 4.43. The highest BCUT2D eigenvalue weighted by atomic mass is 16.6. The van der Waals surface area contributed by atoms with Gasteiger partial charge in [0.25, 0.3) is 17.5 Å². The maximum Gasteiger partial charge on any atom is 0.279 e. The van der Waals surface area contributed by atoms with E-state index in [9.17, 15) is 19.7 Å². The third kappa shape index (κ3) is 5.22. The fraction of sp³-hybridized carbons (Fsp3) is 0.143. The SMILES string of the molecule is CC(Oc1ccc([N+](=O)[O-])cc1)C(=O)NNC(=O)COc1cccc2ccccc12. The predicted molar refractivity (Wildman–Crippen MR) is 109 cm³/mol. The first-order chi connectivity index (χ1) is 14.4. The Bertz CT molecular complexity index is 1060. The number of benzene rings is 3. The molecule has 0 aliphatic rings. The molecule has 9 nitrogen and oxygen atoms in total. The number of rotatable bonds is 7. The monoisotopic (exact) mass is 409 g/mol. The number of carbonyl (C=O) groups is 2. The molecule has 1 atom stereocenters. The zero-order chi connectivity index (χ0) is 21.5. The summed E-state index contributed by atoms with van der Waals surface area (Å²) in [5.74, 6) is -0.288. The summed E-state index contributed by atoms with van der Waals surface area (Å²) < 4.78 is 11.0. The molecular formula is C21H19N3O6. The van der Waals surface area contributed by atoms with E-state index < -0.39 is 22.8 Å². The minimum atomic E-state index is -0.939. The fourth-order valence-corrected chi connectivity index (χ4v) is 2.64. The summed E-state index contributed by atoms with van der Waals surface area (Å²) in [7, 11) is 0. The van der Waals surface area contributed by atoms with Gasteiger partial charge in [-0.3, -0.25) is 30.6 Å². The quantitative estimate of drug-likeness (QED) is 0.457. The zero-order valence-electron chi connectivity index (χ0n) is 16.0. The Morgan fingerprint density at radius 1 is 1.00 bits per heavy atom. The number of fused-ring (bicyclic) bond motifs is 1. The second-order valence-corrected chi connectivity index (χ2v) is 6.31. The van der Waals surface area contributed by atoms with Crippen molar-refractivity contribution in [2.75, 3.05) is 6.61 Å². The van der Waals surface area contributed by atoms with E-state index in [0.717, 1.165) is 10.8 Å². The summed E-state index contributed by atoms with van der Waals surface area (Å²) in [4.78, 5) is 34.2. The molecule has 0 saturated carbocycles. The number of hydrogen-bond donors (Lipinski definition) is 2. The van der Waals surface area contributed by atoms with Crippen molar-refractivity contribution in [2.24, 2.45) is 0 Å². The first kappa shape index (κ1) is 20.6. The highest BCUT2D eigenvalue weighted by Gasteiger charge is 2.16. The van der Waals surface area contributed by atoms with E-state index >= 15 is 0 Å². The highest BCUT2D eigenvalue weighted by Crippen LogP contribution is 2.25. The first-order valence-corrected chi connectivity index (χ1v) is 9.04. The minimum absolute atomic E-state index is 0.0853. The number of carbonyl (C=O) groups excluding carboxylic acids is 2. The van der Waals surface area contributed by atoms with Crippen LogP contribution in [0.5, 0.6) is 11.5 Å². The van der Waals surface area contributed by atoms with Crippen molar-refractivity contribution in [3.8, 4) is 11.5 Å². The van der Waals surface area contributed by atoms with Crippen LogP contribution in [-0.4, -0.2) is 29.4 Å². The largest absolute Gasteiger partial charge is 0.483 e. The Labute approximate surface area is 171 Å². The lowest BCUT2D eigenvalue weighted by Gasteiger charge is -2.15. The lowest BCUT2D eigenvalue weighted by molar-refractivity contribution is -0.384. The number of nitrogens with zero attached hydrogens (tertiary/aromatic N) is 1. The third-order valence-corrected chi connectivity index (χ3v) is 4.16. The molecule has 0 aliphatic carbocycles. The molecule has 0 fully saturated rings. The fourth-order valence-electron chi connectivity index (χ4n) is 2.64. The molecule has 3 rings (SSSR count). The van der Waals surface area contributed by atoms with Gasteiger partial charge in [0.05, 0.1) is 4.92 Å². The van der Waals surface area contributed by atoms with Gasteiger partial charge in [-0.2, -0.15) is 0 Å². The molecule has 1 unspecified atom stereocenters. The van der Waals surface area contributed by atoms with Crippen LogP contribution in [0.15, 0.2) is 66.7 Å². The van der Waals surface area contributed by atoms with E-state index in [1.54, 1.807) is 6.07 Å². The zero-order valence-corrected chi connectivity index (χ0v) is 16.0. The van der Waals surface area contributed by atoms with Crippen molar-refractivity contribution < 1.29 is 24.0 Å². The molecule has 0 saturated heterocycles. The second-order valence-electron chi connectivity index (χ2n) is 6.31. The number of hydrogen-bond acceptors (Lipinski definition) is 6. The normalized spacial score (nSPS) is 11.4. The number of nitro groups is 1. The number of non-ortho nitro benzene ring substituents is 1. The van der Waals surface area contributed by atoms with Crippen LogP contribution >= 0.6 is 0 Å². The smallest absolute Gasteiger partial charge is 0.279 e. The minimum Gasteiger partial charge on any atom is -0.483 e. The number of amides is 2. The molecule has 3 aromatic rings. The molecule has 0 aliphatic heterocycles. The average molecular weight is 409 g/mol. The standard InChI is InChI=1S/C21H19N3O6/c1-14(30-17-11-9-16(10-12-17)24(27)28)21(26)23-22-20(25)13-29-19-8-4-6-15-5-2-3-7-18(15)19/h2-12,14H,13H2,1H3,(H,22,25)(H,23,26). The Morgan fingerprint density at radius 3 is 2.43 bits per heavy atom. The summed E-state index contributed by atoms with van der Waals surface area (Å²) in [6.07, 6.45) is -0.939. The maximum atomic E-state index is 12.1. The molecule has 154 valence electrons. The maximum absolute atomic E-state index is 12.1. The van der Waals surface area contributed by atoms with Crippen LogP contribution in [-0.2, 0) is 9.59 Å². The van der Waals surface area contributed by atoms with E-state index in [2.05, 4.69) is 10.9 Å². The van der Waals surface area contributed by atoms with Crippen molar-refractivity contribution in [1.29, 1.82) is 0 Å². The van der Waals surface area contributed by atoms with Crippen molar-refractivity contribution in [3.63, 3.8) is 0 Å². The molecule has 0 radical (unpaired) electrons. The van der Waals surface area contributed by atoms with Gasteiger partial charge in [-0.25, -0.2) is 0 Å². The molecule has 0 bridgehead atoms. The lowest BCUT2D eigenvalue weighted by atomic mass is 10.1. The highest BCUT2D eigenvalue weighted by molar-refractivity contribution is 5.89. The average Bonchev–Trinajstić information content (AvgIpc) is 2.76. The molecular weight excluding hydrogens is 390 g/mol. The molecule has 2 amide bonds. The van der Waals surface area contributed by atoms with Gasteiger partial charge < -0.3 is 9.47 Å².